The zero-order valence-corrected chi connectivity index (χ0v) is 12.6. The Morgan fingerprint density at radius 3 is 2.65 bits per heavy atom. The second-order valence-corrected chi connectivity index (χ2v) is 4.34. The van der Waals surface area contributed by atoms with Gasteiger partial charge in [0.05, 0.1) is 11.8 Å². The molecule has 0 unspecified atom stereocenters. The van der Waals surface area contributed by atoms with E-state index in [1.165, 1.54) is 6.21 Å². The molecule has 0 aliphatic carbocycles. The van der Waals surface area contributed by atoms with Gasteiger partial charge in [0.2, 0.25) is 12.3 Å². The highest BCUT2D eigenvalue weighted by molar-refractivity contribution is 5.95. The van der Waals surface area contributed by atoms with Crippen LogP contribution in [0.3, 0.4) is 0 Å². The lowest BCUT2D eigenvalue weighted by Crippen LogP contribution is -3.00. The maximum absolute atomic E-state index is 12.1. The second-order valence-electron chi connectivity index (χ2n) is 4.34. The lowest BCUT2D eigenvalue weighted by molar-refractivity contribution is -0.683. The molecular formula is C15H15BrN2O2. The monoisotopic (exact) mass is 334 g/mol. The Labute approximate surface area is 128 Å². The normalized spacial score (nSPS) is 10.2. The summed E-state index contributed by atoms with van der Waals surface area (Å²) >= 11 is 0. The number of aromatic nitrogens is 1. The van der Waals surface area contributed by atoms with Gasteiger partial charge in [0.1, 0.15) is 0 Å². The summed E-state index contributed by atoms with van der Waals surface area (Å²) in [5.74, 6) is 0.0445. The summed E-state index contributed by atoms with van der Waals surface area (Å²) < 4.78 is 1.76. The van der Waals surface area contributed by atoms with Crippen molar-refractivity contribution in [3.63, 3.8) is 0 Å². The van der Waals surface area contributed by atoms with Crippen molar-refractivity contribution in [1.29, 1.82) is 0 Å². The number of aryl methyl sites for hydroxylation is 1. The van der Waals surface area contributed by atoms with Crippen molar-refractivity contribution in [3.05, 3.63) is 65.5 Å². The summed E-state index contributed by atoms with van der Waals surface area (Å²) in [6, 6.07) is 11.1. The molecule has 0 aliphatic rings. The smallest absolute Gasteiger partial charge is 0.227 e. The Morgan fingerprint density at radius 1 is 1.30 bits per heavy atom. The van der Waals surface area contributed by atoms with Crippen LogP contribution in [0.25, 0.3) is 0 Å². The lowest BCUT2D eigenvalue weighted by Gasteiger charge is -1.99. The average Bonchev–Trinajstić information content (AvgIpc) is 2.40. The minimum absolute atomic E-state index is 0. The van der Waals surface area contributed by atoms with Crippen molar-refractivity contribution in [3.8, 4) is 0 Å². The highest BCUT2D eigenvalue weighted by Gasteiger charge is 2.12. The van der Waals surface area contributed by atoms with Crippen molar-refractivity contribution in [2.24, 2.45) is 5.16 Å². The van der Waals surface area contributed by atoms with E-state index in [2.05, 4.69) is 5.16 Å². The number of hydrogen-bond acceptors (Lipinski definition) is 3. The van der Waals surface area contributed by atoms with Crippen LogP contribution in [0.1, 0.15) is 21.5 Å². The van der Waals surface area contributed by atoms with E-state index in [-0.39, 0.29) is 29.3 Å². The number of ketones is 1. The van der Waals surface area contributed by atoms with E-state index in [4.69, 9.17) is 5.21 Å². The van der Waals surface area contributed by atoms with Crippen LogP contribution in [0.5, 0.6) is 0 Å². The Hall–Kier alpha value is -2.01. The number of oxime groups is 1. The number of nitrogens with zero attached hydrogens (tertiary/aromatic N) is 2. The Morgan fingerprint density at radius 2 is 2.00 bits per heavy atom. The molecule has 0 spiro atoms. The van der Waals surface area contributed by atoms with Crippen LogP contribution in [0.4, 0.5) is 0 Å². The van der Waals surface area contributed by atoms with Gasteiger partial charge in [-0.05, 0) is 13.0 Å². The van der Waals surface area contributed by atoms with Crippen LogP contribution in [0, 0.1) is 6.92 Å². The van der Waals surface area contributed by atoms with Crippen LogP contribution in [0.15, 0.2) is 53.9 Å². The molecule has 2 rings (SSSR count). The average molecular weight is 335 g/mol. The molecule has 0 saturated carbocycles. The number of carbonyl (C=O) groups is 1. The molecule has 0 bridgehead atoms. The Kier molecular flexibility index (Phi) is 6.06. The Balaban J connectivity index is 0.00000200. The largest absolute Gasteiger partial charge is 1.00 e. The van der Waals surface area contributed by atoms with Crippen molar-refractivity contribution >= 4 is 12.0 Å². The van der Waals surface area contributed by atoms with Gasteiger partial charge >= 0.3 is 0 Å². The maximum atomic E-state index is 12.1. The first-order chi connectivity index (χ1) is 9.19. The summed E-state index contributed by atoms with van der Waals surface area (Å²) in [6.07, 6.45) is 4.89. The Bertz CT molecular complexity index is 610. The minimum atomic E-state index is 0. The van der Waals surface area contributed by atoms with Crippen LogP contribution in [0.2, 0.25) is 0 Å². The van der Waals surface area contributed by atoms with Gasteiger partial charge in [0, 0.05) is 11.6 Å². The van der Waals surface area contributed by atoms with Gasteiger partial charge in [0.25, 0.3) is 0 Å². The van der Waals surface area contributed by atoms with Crippen LogP contribution in [-0.2, 0) is 6.54 Å². The number of carbonyl (C=O) groups excluding carboxylic acids is 1. The minimum Gasteiger partial charge on any atom is -1.00 e. The third-order valence-corrected chi connectivity index (χ3v) is 2.79. The van der Waals surface area contributed by atoms with E-state index < -0.39 is 0 Å². The zero-order valence-electron chi connectivity index (χ0n) is 11.0. The van der Waals surface area contributed by atoms with E-state index >= 15 is 0 Å². The fourth-order valence-electron chi connectivity index (χ4n) is 1.78. The molecule has 4 nitrogen and oxygen atoms in total. The SMILES string of the molecule is Cc1ccc(C(=O)C[n+]2cccc(C=NO)c2)cc1.[Br-]. The third kappa shape index (κ3) is 4.28. The number of benzene rings is 1. The maximum Gasteiger partial charge on any atom is 0.227 e. The fourth-order valence-corrected chi connectivity index (χ4v) is 1.78. The van der Waals surface area contributed by atoms with Gasteiger partial charge in [-0.3, -0.25) is 4.79 Å². The molecule has 5 heteroatoms. The van der Waals surface area contributed by atoms with E-state index in [0.29, 0.717) is 5.56 Å². The highest BCUT2D eigenvalue weighted by Crippen LogP contribution is 2.04. The predicted molar refractivity (Wildman–Crippen MR) is 71.5 cm³/mol. The van der Waals surface area contributed by atoms with Crippen molar-refractivity contribution in [2.45, 2.75) is 13.5 Å². The molecule has 2 aromatic rings. The first kappa shape index (κ1) is 16.0. The number of halogens is 1. The number of hydrogen-bond donors (Lipinski definition) is 1. The molecule has 0 aliphatic heterocycles. The van der Waals surface area contributed by atoms with Crippen molar-refractivity contribution in [2.75, 3.05) is 0 Å². The van der Waals surface area contributed by atoms with Gasteiger partial charge in [-0.2, -0.15) is 4.57 Å². The molecule has 1 N–H and O–H groups in total. The fraction of sp³-hybridized carbons (Fsp3) is 0.133. The quantitative estimate of drug-likeness (QED) is 0.256. The van der Waals surface area contributed by atoms with Crippen LogP contribution >= 0.6 is 0 Å². The van der Waals surface area contributed by atoms with E-state index in [0.717, 1.165) is 11.1 Å². The predicted octanol–water partition coefficient (Wildman–Crippen LogP) is -1.02. The van der Waals surface area contributed by atoms with Gasteiger partial charge in [-0.25, -0.2) is 0 Å². The van der Waals surface area contributed by atoms with Gasteiger partial charge in [-0.15, -0.1) is 0 Å². The van der Waals surface area contributed by atoms with Gasteiger partial charge < -0.3 is 22.2 Å². The molecule has 0 atom stereocenters. The molecule has 0 radical (unpaired) electrons. The highest BCUT2D eigenvalue weighted by atomic mass is 79.9. The first-order valence-electron chi connectivity index (χ1n) is 5.95. The van der Waals surface area contributed by atoms with Gasteiger partial charge in [0.15, 0.2) is 12.4 Å². The van der Waals surface area contributed by atoms with Crippen molar-refractivity contribution < 1.29 is 31.6 Å². The molecule has 1 heterocycles. The summed E-state index contributed by atoms with van der Waals surface area (Å²) in [5, 5.41) is 11.5. The van der Waals surface area contributed by atoms with E-state index in [9.17, 15) is 4.79 Å². The number of Topliss-reactive ketones (excluding diaryl/α,β-unsaturated/α-hetero) is 1. The first-order valence-corrected chi connectivity index (χ1v) is 5.95. The van der Waals surface area contributed by atoms with Gasteiger partial charge in [-0.1, -0.05) is 35.0 Å². The number of rotatable bonds is 4. The van der Waals surface area contributed by atoms with Crippen molar-refractivity contribution in [1.82, 2.24) is 0 Å². The molecule has 0 amide bonds. The summed E-state index contributed by atoms with van der Waals surface area (Å²) in [6.45, 7) is 2.25. The molecule has 104 valence electrons. The molecule has 1 aromatic carbocycles. The second kappa shape index (κ2) is 7.55. The molecule has 1 aromatic heterocycles. The van der Waals surface area contributed by atoms with Crippen LogP contribution in [-0.4, -0.2) is 17.2 Å². The molecule has 0 fully saturated rings. The number of pyridine rings is 1. The molecular weight excluding hydrogens is 320 g/mol. The lowest BCUT2D eigenvalue weighted by atomic mass is 10.1. The summed E-state index contributed by atoms with van der Waals surface area (Å²) in [7, 11) is 0. The topological polar surface area (TPSA) is 53.5 Å². The van der Waals surface area contributed by atoms with E-state index in [1.807, 2.05) is 31.2 Å². The summed E-state index contributed by atoms with van der Waals surface area (Å²) in [4.78, 5) is 12.1. The standard InChI is InChI=1S/C15H14N2O2.BrH/c1-12-4-6-14(7-5-12)15(18)11-17-8-2-3-13(10-17)9-16-19;/h2-10H,11H2,1H3;1H. The van der Waals surface area contributed by atoms with E-state index in [1.54, 1.807) is 29.1 Å². The third-order valence-electron chi connectivity index (χ3n) is 2.79. The summed E-state index contributed by atoms with van der Waals surface area (Å²) in [5.41, 5.74) is 2.56. The molecule has 20 heavy (non-hydrogen) atoms. The van der Waals surface area contributed by atoms with Crippen LogP contribution < -0.4 is 21.5 Å². The zero-order chi connectivity index (χ0) is 13.7. The molecule has 0 saturated heterocycles.